The highest BCUT2D eigenvalue weighted by Crippen LogP contribution is 2.20. The first kappa shape index (κ1) is 18.4. The van der Waals surface area contributed by atoms with Gasteiger partial charge in [0.25, 0.3) is 5.91 Å². The molecule has 26 heavy (non-hydrogen) atoms. The van der Waals surface area contributed by atoms with E-state index in [0.717, 1.165) is 0 Å². The summed E-state index contributed by atoms with van der Waals surface area (Å²) in [7, 11) is -3.60. The third-order valence-corrected chi connectivity index (χ3v) is 5.73. The van der Waals surface area contributed by atoms with Gasteiger partial charge in [-0.25, -0.2) is 8.42 Å². The highest BCUT2D eigenvalue weighted by Gasteiger charge is 2.26. The van der Waals surface area contributed by atoms with E-state index in [2.05, 4.69) is 5.32 Å². The summed E-state index contributed by atoms with van der Waals surface area (Å²) in [5.74, 6) is 0.223. The maximum absolute atomic E-state index is 12.7. The molecule has 0 aromatic heterocycles. The number of nitrogens with zero attached hydrogens (tertiary/aromatic N) is 1. The molecule has 0 radical (unpaired) electrons. The molecule has 0 atom stereocenters. The molecule has 2 aromatic carbocycles. The highest BCUT2D eigenvalue weighted by molar-refractivity contribution is 7.89. The second kappa shape index (κ2) is 8.31. The maximum atomic E-state index is 12.7. The quantitative estimate of drug-likeness (QED) is 0.830. The first-order valence-electron chi connectivity index (χ1n) is 8.21. The molecule has 1 N–H and O–H groups in total. The average molecular weight is 376 g/mol. The Morgan fingerprint density at radius 3 is 2.54 bits per heavy atom. The van der Waals surface area contributed by atoms with Crippen LogP contribution >= 0.6 is 0 Å². The first-order valence-corrected chi connectivity index (χ1v) is 9.65. The van der Waals surface area contributed by atoms with Gasteiger partial charge in [0.05, 0.1) is 18.1 Å². The third kappa shape index (κ3) is 4.60. The SMILES string of the molecule is O=C(COc1ccccc1)Nc1cccc(S(=O)(=O)N2CCOCC2)c1. The van der Waals surface area contributed by atoms with E-state index in [4.69, 9.17) is 9.47 Å². The van der Waals surface area contributed by atoms with E-state index in [1.807, 2.05) is 18.2 Å². The fourth-order valence-corrected chi connectivity index (χ4v) is 3.99. The van der Waals surface area contributed by atoms with Crippen molar-refractivity contribution in [1.82, 2.24) is 4.31 Å². The van der Waals surface area contributed by atoms with Crippen molar-refractivity contribution in [3.63, 3.8) is 0 Å². The van der Waals surface area contributed by atoms with Crippen molar-refractivity contribution >= 4 is 21.6 Å². The minimum atomic E-state index is -3.60. The van der Waals surface area contributed by atoms with E-state index in [0.29, 0.717) is 37.7 Å². The lowest BCUT2D eigenvalue weighted by molar-refractivity contribution is -0.118. The fourth-order valence-electron chi connectivity index (χ4n) is 2.53. The molecule has 7 nitrogen and oxygen atoms in total. The van der Waals surface area contributed by atoms with Gasteiger partial charge in [-0.2, -0.15) is 4.31 Å². The van der Waals surface area contributed by atoms with Crippen molar-refractivity contribution in [3.8, 4) is 5.75 Å². The molecule has 8 heteroatoms. The zero-order valence-electron chi connectivity index (χ0n) is 14.1. The van der Waals surface area contributed by atoms with Crippen LogP contribution in [0.2, 0.25) is 0 Å². The first-order chi connectivity index (χ1) is 12.6. The number of para-hydroxylation sites is 1. The topological polar surface area (TPSA) is 84.9 Å². The van der Waals surface area contributed by atoms with Gasteiger partial charge in [0, 0.05) is 18.8 Å². The second-order valence-corrected chi connectivity index (χ2v) is 7.63. The lowest BCUT2D eigenvalue weighted by Gasteiger charge is -2.26. The number of sulfonamides is 1. The molecule has 0 saturated carbocycles. The van der Waals surface area contributed by atoms with Crippen LogP contribution in [0.5, 0.6) is 5.75 Å². The van der Waals surface area contributed by atoms with E-state index in [1.165, 1.54) is 16.4 Å². The minimum Gasteiger partial charge on any atom is -0.484 e. The van der Waals surface area contributed by atoms with Gasteiger partial charge in [0.15, 0.2) is 6.61 Å². The standard InChI is InChI=1S/C18H20N2O5S/c21-18(14-25-16-6-2-1-3-7-16)19-15-5-4-8-17(13-15)26(22,23)20-9-11-24-12-10-20/h1-8,13H,9-12,14H2,(H,19,21). The summed E-state index contributed by atoms with van der Waals surface area (Å²) in [5.41, 5.74) is 0.404. The number of amides is 1. The Balaban J connectivity index is 1.64. The molecule has 0 spiro atoms. The molecular formula is C18H20N2O5S. The lowest BCUT2D eigenvalue weighted by Crippen LogP contribution is -2.40. The Kier molecular flexibility index (Phi) is 5.87. The van der Waals surface area contributed by atoms with Crippen LogP contribution < -0.4 is 10.1 Å². The molecule has 0 bridgehead atoms. The van der Waals surface area contributed by atoms with Crippen LogP contribution in [0.1, 0.15) is 0 Å². The molecule has 1 aliphatic heterocycles. The van der Waals surface area contributed by atoms with Crippen LogP contribution in [0.25, 0.3) is 0 Å². The van der Waals surface area contributed by atoms with E-state index in [9.17, 15) is 13.2 Å². The van der Waals surface area contributed by atoms with Crippen LogP contribution in [0.3, 0.4) is 0 Å². The van der Waals surface area contributed by atoms with Crippen molar-refractivity contribution in [2.24, 2.45) is 0 Å². The summed E-state index contributed by atoms with van der Waals surface area (Å²) in [6, 6.07) is 15.2. The molecule has 1 saturated heterocycles. The van der Waals surface area contributed by atoms with Crippen molar-refractivity contribution in [2.75, 3.05) is 38.2 Å². The van der Waals surface area contributed by atoms with Gasteiger partial charge in [-0.3, -0.25) is 4.79 Å². The number of hydrogen-bond donors (Lipinski definition) is 1. The average Bonchev–Trinajstić information content (AvgIpc) is 2.68. The van der Waals surface area contributed by atoms with Crippen LogP contribution in [0, 0.1) is 0 Å². The normalized spacial score (nSPS) is 15.4. The summed E-state index contributed by atoms with van der Waals surface area (Å²) >= 11 is 0. The van der Waals surface area contributed by atoms with Crippen molar-refractivity contribution in [2.45, 2.75) is 4.90 Å². The molecule has 1 fully saturated rings. The molecule has 0 aliphatic carbocycles. The smallest absolute Gasteiger partial charge is 0.262 e. The third-order valence-electron chi connectivity index (χ3n) is 3.84. The molecule has 138 valence electrons. The van der Waals surface area contributed by atoms with E-state index >= 15 is 0 Å². The second-order valence-electron chi connectivity index (χ2n) is 5.69. The van der Waals surface area contributed by atoms with Crippen molar-refractivity contribution in [3.05, 3.63) is 54.6 Å². The number of anilines is 1. The fraction of sp³-hybridized carbons (Fsp3) is 0.278. The summed E-state index contributed by atoms with van der Waals surface area (Å²) in [6.45, 7) is 1.25. The Labute approximate surface area is 152 Å². The van der Waals surface area contributed by atoms with Crippen LogP contribution in [-0.4, -0.2) is 51.5 Å². The van der Waals surface area contributed by atoms with E-state index in [1.54, 1.807) is 24.3 Å². The van der Waals surface area contributed by atoms with Gasteiger partial charge >= 0.3 is 0 Å². The van der Waals surface area contributed by atoms with Crippen LogP contribution in [-0.2, 0) is 19.6 Å². The zero-order valence-corrected chi connectivity index (χ0v) is 14.9. The largest absolute Gasteiger partial charge is 0.484 e. The molecule has 2 aromatic rings. The number of ether oxygens (including phenoxy) is 2. The minimum absolute atomic E-state index is 0.140. The number of morpholine rings is 1. The van der Waals surface area contributed by atoms with Crippen molar-refractivity contribution < 1.29 is 22.7 Å². The highest BCUT2D eigenvalue weighted by atomic mass is 32.2. The van der Waals surface area contributed by atoms with Crippen LogP contribution in [0.4, 0.5) is 5.69 Å². The monoisotopic (exact) mass is 376 g/mol. The molecular weight excluding hydrogens is 356 g/mol. The Morgan fingerprint density at radius 1 is 1.08 bits per heavy atom. The molecule has 0 unspecified atom stereocenters. The predicted molar refractivity (Wildman–Crippen MR) is 96.6 cm³/mol. The Hall–Kier alpha value is -2.42. The molecule has 3 rings (SSSR count). The lowest BCUT2D eigenvalue weighted by atomic mass is 10.3. The number of carbonyl (C=O) groups is 1. The zero-order chi connectivity index (χ0) is 18.4. The Morgan fingerprint density at radius 2 is 1.81 bits per heavy atom. The van der Waals surface area contributed by atoms with Crippen molar-refractivity contribution in [1.29, 1.82) is 0 Å². The maximum Gasteiger partial charge on any atom is 0.262 e. The van der Waals surface area contributed by atoms with Gasteiger partial charge < -0.3 is 14.8 Å². The molecule has 1 aliphatic rings. The summed E-state index contributed by atoms with van der Waals surface area (Å²) in [4.78, 5) is 12.2. The Bertz CT molecular complexity index is 849. The van der Waals surface area contributed by atoms with Crippen LogP contribution in [0.15, 0.2) is 59.5 Å². The number of rotatable bonds is 6. The number of hydrogen-bond acceptors (Lipinski definition) is 5. The van der Waals surface area contributed by atoms with Gasteiger partial charge in [-0.15, -0.1) is 0 Å². The summed E-state index contributed by atoms with van der Waals surface area (Å²) in [5, 5.41) is 2.66. The predicted octanol–water partition coefficient (Wildman–Crippen LogP) is 1.72. The molecule has 1 heterocycles. The van der Waals surface area contributed by atoms with Gasteiger partial charge in [-0.05, 0) is 30.3 Å². The van der Waals surface area contributed by atoms with Gasteiger partial charge in [0.2, 0.25) is 10.0 Å². The number of carbonyl (C=O) groups excluding carboxylic acids is 1. The summed E-state index contributed by atoms with van der Waals surface area (Å²) < 4.78 is 37.3. The van der Waals surface area contributed by atoms with Gasteiger partial charge in [-0.1, -0.05) is 24.3 Å². The number of nitrogens with one attached hydrogen (secondary N) is 1. The number of benzene rings is 2. The summed E-state index contributed by atoms with van der Waals surface area (Å²) in [6.07, 6.45) is 0. The molecule has 1 amide bonds. The van der Waals surface area contributed by atoms with E-state index in [-0.39, 0.29) is 17.4 Å². The van der Waals surface area contributed by atoms with Gasteiger partial charge in [0.1, 0.15) is 5.75 Å². The van der Waals surface area contributed by atoms with E-state index < -0.39 is 10.0 Å².